The molecule has 4 nitrogen and oxygen atoms in total. The first-order valence-corrected chi connectivity index (χ1v) is 6.67. The topological polar surface area (TPSA) is 60.8 Å². The van der Waals surface area contributed by atoms with E-state index in [2.05, 4.69) is 11.8 Å². The number of rotatable bonds is 4. The van der Waals surface area contributed by atoms with Gasteiger partial charge in [0.1, 0.15) is 5.75 Å². The lowest BCUT2D eigenvalue weighted by molar-refractivity contribution is -0.147. The van der Waals surface area contributed by atoms with E-state index in [1.165, 1.54) is 0 Å². The number of hydrogen-bond donors (Lipinski definition) is 2. The fourth-order valence-corrected chi connectivity index (χ4v) is 2.87. The van der Waals surface area contributed by atoms with Crippen LogP contribution in [0.15, 0.2) is 18.2 Å². The van der Waals surface area contributed by atoms with Crippen molar-refractivity contribution >= 4 is 11.7 Å². The summed E-state index contributed by atoms with van der Waals surface area (Å²) in [5.74, 6) is -0.463. The lowest BCUT2D eigenvalue weighted by atomic mass is 9.84. The molecular weight excluding hydrogens is 242 g/mol. The average Bonchev–Trinajstić information content (AvgIpc) is 2.67. The maximum absolute atomic E-state index is 11.3. The van der Waals surface area contributed by atoms with Crippen LogP contribution in [0.4, 0.5) is 5.69 Å². The zero-order chi connectivity index (χ0) is 14.2. The molecule has 0 spiro atoms. The number of fused-ring (bicyclic) bond motifs is 1. The normalized spacial score (nSPS) is 18.5. The number of carboxylic acid groups (broad SMARTS) is 1. The lowest BCUT2D eigenvalue weighted by Gasteiger charge is -2.31. The number of benzene rings is 1. The van der Waals surface area contributed by atoms with Crippen LogP contribution in [0.1, 0.15) is 32.8 Å². The first kappa shape index (κ1) is 13.7. The summed E-state index contributed by atoms with van der Waals surface area (Å²) in [5.41, 5.74) is 1.22. The SMILES string of the molecule is CCN1c2cccc(O)c2CC1CC(C)(C)C(=O)O. The molecule has 4 heteroatoms. The molecule has 0 saturated carbocycles. The van der Waals surface area contributed by atoms with Gasteiger partial charge in [-0.25, -0.2) is 0 Å². The van der Waals surface area contributed by atoms with Crippen LogP contribution in [0.2, 0.25) is 0 Å². The first-order valence-electron chi connectivity index (χ1n) is 6.67. The molecule has 0 aromatic heterocycles. The molecule has 1 aromatic rings. The van der Waals surface area contributed by atoms with Crippen molar-refractivity contribution in [2.75, 3.05) is 11.4 Å². The van der Waals surface area contributed by atoms with Crippen LogP contribution < -0.4 is 4.90 Å². The van der Waals surface area contributed by atoms with Gasteiger partial charge in [0.2, 0.25) is 0 Å². The second-order valence-corrected chi connectivity index (χ2v) is 5.81. The Morgan fingerprint density at radius 3 is 2.74 bits per heavy atom. The molecule has 1 aromatic carbocycles. The molecule has 0 bridgehead atoms. The number of likely N-dealkylation sites (N-methyl/N-ethyl adjacent to an activating group) is 1. The molecule has 1 unspecified atom stereocenters. The number of phenols is 1. The van der Waals surface area contributed by atoms with E-state index in [4.69, 9.17) is 0 Å². The van der Waals surface area contributed by atoms with Crippen LogP contribution >= 0.6 is 0 Å². The molecule has 2 N–H and O–H groups in total. The van der Waals surface area contributed by atoms with Gasteiger partial charge in [0.05, 0.1) is 5.41 Å². The number of carbonyl (C=O) groups is 1. The largest absolute Gasteiger partial charge is 0.508 e. The Hall–Kier alpha value is -1.71. The minimum atomic E-state index is -0.774. The van der Waals surface area contributed by atoms with Crippen LogP contribution in [0.3, 0.4) is 0 Å². The Morgan fingerprint density at radius 1 is 1.47 bits per heavy atom. The summed E-state index contributed by atoms with van der Waals surface area (Å²) >= 11 is 0. The highest BCUT2D eigenvalue weighted by Gasteiger charge is 2.37. The van der Waals surface area contributed by atoms with E-state index in [-0.39, 0.29) is 6.04 Å². The molecule has 1 heterocycles. The number of aliphatic carboxylic acids is 1. The van der Waals surface area contributed by atoms with Crippen molar-refractivity contribution in [3.8, 4) is 5.75 Å². The molecular formula is C15H21NO3. The molecule has 1 atom stereocenters. The summed E-state index contributed by atoms with van der Waals surface area (Å²) in [6, 6.07) is 5.66. The zero-order valence-electron chi connectivity index (χ0n) is 11.7. The van der Waals surface area contributed by atoms with E-state index in [9.17, 15) is 15.0 Å². The van der Waals surface area contributed by atoms with E-state index in [1.807, 2.05) is 12.1 Å². The molecule has 104 valence electrons. The smallest absolute Gasteiger partial charge is 0.309 e. The summed E-state index contributed by atoms with van der Waals surface area (Å²) in [4.78, 5) is 13.5. The van der Waals surface area contributed by atoms with E-state index in [1.54, 1.807) is 19.9 Å². The van der Waals surface area contributed by atoms with Gasteiger partial charge in [-0.1, -0.05) is 6.07 Å². The van der Waals surface area contributed by atoms with Gasteiger partial charge < -0.3 is 15.1 Å². The molecule has 1 aliphatic heterocycles. The Morgan fingerprint density at radius 2 is 2.16 bits per heavy atom. The highest BCUT2D eigenvalue weighted by Crippen LogP contribution is 2.40. The molecule has 0 amide bonds. The minimum absolute atomic E-state index is 0.138. The van der Waals surface area contributed by atoms with Gasteiger partial charge in [0.25, 0.3) is 0 Å². The Labute approximate surface area is 113 Å². The van der Waals surface area contributed by atoms with Crippen molar-refractivity contribution in [2.24, 2.45) is 5.41 Å². The molecule has 0 aliphatic carbocycles. The quantitative estimate of drug-likeness (QED) is 0.876. The first-order chi connectivity index (χ1) is 8.86. The van der Waals surface area contributed by atoms with Crippen LogP contribution in [0.5, 0.6) is 5.75 Å². The fraction of sp³-hybridized carbons (Fsp3) is 0.533. The minimum Gasteiger partial charge on any atom is -0.508 e. The molecule has 0 fully saturated rings. The van der Waals surface area contributed by atoms with Crippen LogP contribution in [-0.4, -0.2) is 28.8 Å². The second kappa shape index (κ2) is 4.76. The second-order valence-electron chi connectivity index (χ2n) is 5.81. The van der Waals surface area contributed by atoms with Crippen molar-refractivity contribution in [3.05, 3.63) is 23.8 Å². The van der Waals surface area contributed by atoms with Crippen LogP contribution in [-0.2, 0) is 11.2 Å². The summed E-state index contributed by atoms with van der Waals surface area (Å²) in [7, 11) is 0. The Bertz CT molecular complexity index is 496. The van der Waals surface area contributed by atoms with Crippen molar-refractivity contribution in [1.82, 2.24) is 0 Å². The average molecular weight is 263 g/mol. The van der Waals surface area contributed by atoms with Gasteiger partial charge in [-0.2, -0.15) is 0 Å². The van der Waals surface area contributed by atoms with Crippen LogP contribution in [0, 0.1) is 5.41 Å². The van der Waals surface area contributed by atoms with Crippen molar-refractivity contribution in [3.63, 3.8) is 0 Å². The predicted octanol–water partition coefficient (Wildman–Crippen LogP) is 2.64. The monoisotopic (exact) mass is 263 g/mol. The third-order valence-electron chi connectivity index (χ3n) is 3.98. The molecule has 1 aliphatic rings. The number of carboxylic acids is 1. The van der Waals surface area contributed by atoms with Crippen molar-refractivity contribution in [2.45, 2.75) is 39.7 Å². The van der Waals surface area contributed by atoms with Gasteiger partial charge in [0.15, 0.2) is 0 Å². The number of aromatic hydroxyl groups is 1. The standard InChI is InChI=1S/C15H21NO3/c1-4-16-10(9-15(2,3)14(18)19)8-11-12(16)6-5-7-13(11)17/h5-7,10,17H,4,8-9H2,1-3H3,(H,18,19). The highest BCUT2D eigenvalue weighted by molar-refractivity contribution is 5.74. The predicted molar refractivity (Wildman–Crippen MR) is 74.7 cm³/mol. The molecule has 19 heavy (non-hydrogen) atoms. The summed E-state index contributed by atoms with van der Waals surface area (Å²) < 4.78 is 0. The molecule has 0 saturated heterocycles. The summed E-state index contributed by atoms with van der Waals surface area (Å²) in [6.07, 6.45) is 1.29. The Balaban J connectivity index is 2.27. The Kier molecular flexibility index (Phi) is 3.43. The van der Waals surface area contributed by atoms with E-state index >= 15 is 0 Å². The third-order valence-corrected chi connectivity index (χ3v) is 3.98. The number of phenolic OH excluding ortho intramolecular Hbond substituents is 1. The van der Waals surface area contributed by atoms with Gasteiger partial charge in [-0.3, -0.25) is 4.79 Å². The maximum Gasteiger partial charge on any atom is 0.309 e. The lowest BCUT2D eigenvalue weighted by Crippen LogP contribution is -2.38. The zero-order valence-corrected chi connectivity index (χ0v) is 11.7. The van der Waals surface area contributed by atoms with Crippen LogP contribution in [0.25, 0.3) is 0 Å². The number of nitrogens with zero attached hydrogens (tertiary/aromatic N) is 1. The molecule has 0 radical (unpaired) electrons. The van der Waals surface area contributed by atoms with E-state index in [0.717, 1.165) is 17.8 Å². The fourth-order valence-electron chi connectivity index (χ4n) is 2.87. The number of anilines is 1. The van der Waals surface area contributed by atoms with Gasteiger partial charge in [-0.15, -0.1) is 0 Å². The van der Waals surface area contributed by atoms with Crippen molar-refractivity contribution < 1.29 is 15.0 Å². The van der Waals surface area contributed by atoms with Gasteiger partial charge >= 0.3 is 5.97 Å². The van der Waals surface area contributed by atoms with Gasteiger partial charge in [0, 0.05) is 23.8 Å². The third kappa shape index (κ3) is 2.39. The van der Waals surface area contributed by atoms with Gasteiger partial charge in [-0.05, 0) is 45.7 Å². The van der Waals surface area contributed by atoms with E-state index in [0.29, 0.717) is 18.6 Å². The summed E-state index contributed by atoms with van der Waals surface area (Å²) in [5, 5.41) is 19.2. The highest BCUT2D eigenvalue weighted by atomic mass is 16.4. The van der Waals surface area contributed by atoms with E-state index < -0.39 is 11.4 Å². The van der Waals surface area contributed by atoms with Crippen molar-refractivity contribution in [1.29, 1.82) is 0 Å². The molecule has 2 rings (SSSR count). The maximum atomic E-state index is 11.3. The number of hydrogen-bond acceptors (Lipinski definition) is 3. The summed E-state index contributed by atoms with van der Waals surface area (Å²) in [6.45, 7) is 6.38.